The van der Waals surface area contributed by atoms with Crippen molar-refractivity contribution in [3.63, 3.8) is 0 Å². The molecule has 0 unspecified atom stereocenters. The number of quaternary nitrogens is 1. The van der Waals surface area contributed by atoms with Gasteiger partial charge < -0.3 is 9.59 Å². The summed E-state index contributed by atoms with van der Waals surface area (Å²) in [5, 5.41) is 8.39. The summed E-state index contributed by atoms with van der Waals surface area (Å²) >= 11 is 0. The van der Waals surface area contributed by atoms with Crippen LogP contribution in [-0.4, -0.2) is 67.8 Å². The normalized spacial score (nSPS) is 10.5. The second-order valence-corrected chi connectivity index (χ2v) is 2.74. The Bertz CT molecular complexity index is 50.9. The quantitative estimate of drug-likeness (QED) is 0.485. The van der Waals surface area contributed by atoms with Gasteiger partial charge in [0, 0.05) is 0 Å². The molecule has 0 aromatic heterocycles. The Kier molecular flexibility index (Phi) is 6.59. The Morgan fingerprint density at radius 2 is 1.62 bits per heavy atom. The van der Waals surface area contributed by atoms with Crippen molar-refractivity contribution in [1.82, 2.24) is 0 Å². The molecule has 0 aromatic rings. The standard InChI is InChI=1S/C5H14NO.Sn/c1-6(2,3)4-5-7;/h7H,4-5H2,1-3H3;/q+1;+4. The average molecular weight is 223 g/mol. The molecule has 0 spiro atoms. The summed E-state index contributed by atoms with van der Waals surface area (Å²) in [6, 6.07) is 0. The van der Waals surface area contributed by atoms with Crippen molar-refractivity contribution in [3.8, 4) is 0 Å². The first kappa shape index (κ1) is 11.5. The number of aliphatic hydroxyl groups excluding tert-OH is 1. The minimum absolute atomic E-state index is 0. The van der Waals surface area contributed by atoms with Gasteiger partial charge in [0.1, 0.15) is 6.54 Å². The topological polar surface area (TPSA) is 20.2 Å². The zero-order valence-corrected chi connectivity index (χ0v) is 8.66. The van der Waals surface area contributed by atoms with E-state index in [1.165, 1.54) is 0 Å². The van der Waals surface area contributed by atoms with Gasteiger partial charge in [-0.15, -0.1) is 0 Å². The van der Waals surface area contributed by atoms with Crippen LogP contribution in [0.4, 0.5) is 0 Å². The van der Waals surface area contributed by atoms with Crippen molar-refractivity contribution in [2.45, 2.75) is 0 Å². The molecular weight excluding hydrogens is 209 g/mol. The molecule has 0 bridgehead atoms. The minimum atomic E-state index is 0. The summed E-state index contributed by atoms with van der Waals surface area (Å²) in [6.07, 6.45) is 0. The summed E-state index contributed by atoms with van der Waals surface area (Å²) in [4.78, 5) is 0. The van der Waals surface area contributed by atoms with Crippen LogP contribution < -0.4 is 0 Å². The Hall–Kier alpha value is 0.719. The van der Waals surface area contributed by atoms with Crippen molar-refractivity contribution in [2.75, 3.05) is 34.3 Å². The third-order valence-corrected chi connectivity index (χ3v) is 0.771. The molecule has 0 atom stereocenters. The molecule has 0 saturated carbocycles. The summed E-state index contributed by atoms with van der Waals surface area (Å²) in [5.41, 5.74) is 0. The SMILES string of the molecule is C[N+](C)(C)CCO.[Sn+4]. The van der Waals surface area contributed by atoms with Crippen LogP contribution in [0.25, 0.3) is 0 Å². The molecule has 0 fully saturated rings. The molecule has 0 rings (SSSR count). The molecule has 2 nitrogen and oxygen atoms in total. The molecule has 8 heavy (non-hydrogen) atoms. The summed E-state index contributed by atoms with van der Waals surface area (Å²) in [5.74, 6) is 0. The van der Waals surface area contributed by atoms with E-state index in [0.29, 0.717) is 0 Å². The van der Waals surface area contributed by atoms with Gasteiger partial charge in [0.2, 0.25) is 0 Å². The number of aliphatic hydroxyl groups is 1. The van der Waals surface area contributed by atoms with Gasteiger partial charge in [0.25, 0.3) is 0 Å². The molecule has 0 amide bonds. The molecule has 0 heterocycles. The number of nitrogens with zero attached hydrogens (tertiary/aromatic N) is 1. The van der Waals surface area contributed by atoms with Gasteiger partial charge in [-0.3, -0.25) is 0 Å². The van der Waals surface area contributed by atoms with E-state index in [4.69, 9.17) is 5.11 Å². The van der Waals surface area contributed by atoms with Crippen LogP contribution in [0.2, 0.25) is 0 Å². The van der Waals surface area contributed by atoms with Crippen molar-refractivity contribution < 1.29 is 9.59 Å². The summed E-state index contributed by atoms with van der Waals surface area (Å²) < 4.78 is 0.844. The molecule has 0 aliphatic heterocycles. The minimum Gasteiger partial charge on any atom is -0.391 e. The third-order valence-electron chi connectivity index (χ3n) is 0.771. The summed E-state index contributed by atoms with van der Waals surface area (Å²) in [6.45, 7) is 1.11. The molecule has 0 radical (unpaired) electrons. The Morgan fingerprint density at radius 3 is 1.62 bits per heavy atom. The van der Waals surface area contributed by atoms with E-state index < -0.39 is 0 Å². The van der Waals surface area contributed by atoms with Gasteiger partial charge in [-0.25, -0.2) is 0 Å². The van der Waals surface area contributed by atoms with Gasteiger partial charge in [0.15, 0.2) is 0 Å². The van der Waals surface area contributed by atoms with E-state index in [0.717, 1.165) is 11.0 Å². The Labute approximate surface area is 68.0 Å². The van der Waals surface area contributed by atoms with Crippen molar-refractivity contribution in [3.05, 3.63) is 0 Å². The van der Waals surface area contributed by atoms with Crippen molar-refractivity contribution in [2.24, 2.45) is 0 Å². The molecule has 0 saturated heterocycles. The number of likely N-dealkylation sites (N-methyl/N-ethyl adjacent to an activating group) is 1. The molecular formula is C5H14NOSn+5. The van der Waals surface area contributed by atoms with Gasteiger partial charge in [-0.05, 0) is 0 Å². The van der Waals surface area contributed by atoms with Crippen LogP contribution >= 0.6 is 0 Å². The van der Waals surface area contributed by atoms with Crippen LogP contribution in [0.3, 0.4) is 0 Å². The molecule has 0 aromatic carbocycles. The Morgan fingerprint density at radius 1 is 1.25 bits per heavy atom. The van der Waals surface area contributed by atoms with Crippen LogP contribution in [0.1, 0.15) is 0 Å². The maximum absolute atomic E-state index is 8.39. The monoisotopic (exact) mass is 224 g/mol. The fourth-order valence-electron chi connectivity index (χ4n) is 0.300. The van der Waals surface area contributed by atoms with Gasteiger partial charge in [-0.1, -0.05) is 0 Å². The summed E-state index contributed by atoms with van der Waals surface area (Å²) in [7, 11) is 6.16. The third kappa shape index (κ3) is 9.87. The van der Waals surface area contributed by atoms with Crippen LogP contribution in [-0.2, 0) is 0 Å². The maximum atomic E-state index is 8.39. The zero-order chi connectivity index (χ0) is 5.91. The van der Waals surface area contributed by atoms with Crippen LogP contribution in [0.15, 0.2) is 0 Å². The van der Waals surface area contributed by atoms with Crippen molar-refractivity contribution in [1.29, 1.82) is 0 Å². The molecule has 0 aliphatic rings. The van der Waals surface area contributed by atoms with E-state index in [-0.39, 0.29) is 30.5 Å². The van der Waals surface area contributed by atoms with E-state index >= 15 is 0 Å². The second-order valence-electron chi connectivity index (χ2n) is 2.74. The number of rotatable bonds is 2. The molecule has 44 valence electrons. The first-order chi connectivity index (χ1) is 3.06. The fourth-order valence-corrected chi connectivity index (χ4v) is 0.300. The van der Waals surface area contributed by atoms with Crippen molar-refractivity contribution >= 4 is 23.9 Å². The smallest absolute Gasteiger partial charge is 0.391 e. The average Bonchev–Trinajstić information content (AvgIpc) is 1.30. The van der Waals surface area contributed by atoms with Crippen LogP contribution in [0.5, 0.6) is 0 Å². The first-order valence-corrected chi connectivity index (χ1v) is 2.47. The molecule has 3 heteroatoms. The van der Waals surface area contributed by atoms with E-state index in [9.17, 15) is 0 Å². The molecule has 1 N–H and O–H groups in total. The van der Waals surface area contributed by atoms with Gasteiger partial charge in [0.05, 0.1) is 27.7 Å². The maximum Gasteiger partial charge on any atom is 4.00 e. The zero-order valence-electron chi connectivity index (χ0n) is 5.81. The van der Waals surface area contributed by atoms with Gasteiger partial charge in [-0.2, -0.15) is 0 Å². The second kappa shape index (κ2) is 4.58. The van der Waals surface area contributed by atoms with Crippen LogP contribution in [0, 0.1) is 0 Å². The number of hydrogen-bond acceptors (Lipinski definition) is 1. The predicted octanol–water partition coefficient (Wildman–Crippen LogP) is -0.696. The van der Waals surface area contributed by atoms with E-state index in [1.54, 1.807) is 0 Å². The Balaban J connectivity index is 0. The van der Waals surface area contributed by atoms with E-state index in [2.05, 4.69) is 21.1 Å². The predicted molar refractivity (Wildman–Crippen MR) is 35.7 cm³/mol. The number of hydrogen-bond donors (Lipinski definition) is 1. The molecule has 0 aliphatic carbocycles. The van der Waals surface area contributed by atoms with Gasteiger partial charge >= 0.3 is 23.9 Å². The first-order valence-electron chi connectivity index (χ1n) is 2.47. The van der Waals surface area contributed by atoms with E-state index in [1.807, 2.05) is 0 Å². The fraction of sp³-hybridized carbons (Fsp3) is 1.00. The largest absolute Gasteiger partial charge is 4.00 e.